The van der Waals surface area contributed by atoms with E-state index in [2.05, 4.69) is 10.3 Å². The summed E-state index contributed by atoms with van der Waals surface area (Å²) in [7, 11) is 0. The third kappa shape index (κ3) is 6.23. The molecule has 2 N–H and O–H groups in total. The van der Waals surface area contributed by atoms with Crippen molar-refractivity contribution in [2.45, 2.75) is 39.3 Å². The highest BCUT2D eigenvalue weighted by molar-refractivity contribution is 6.40. The van der Waals surface area contributed by atoms with Gasteiger partial charge in [-0.1, -0.05) is 26.0 Å². The predicted octanol–water partition coefficient (Wildman–Crippen LogP) is 3.10. The van der Waals surface area contributed by atoms with Crippen molar-refractivity contribution in [2.75, 3.05) is 6.61 Å². The van der Waals surface area contributed by atoms with Crippen LogP contribution in [0.2, 0.25) is 0 Å². The molecule has 0 fully saturated rings. The van der Waals surface area contributed by atoms with Crippen molar-refractivity contribution >= 4 is 17.6 Å². The standard InChI is InChI=1S/C19H22F3N3O4/c1-11(2)16(26)24-18-23-15(17(27)28)8-9-25(18)12(3)13-4-6-14(7-5-13)29-10-19(20,21)22/h4-9,11-12,18H,10H2,1-3H3,(H,24,26)(H,27,28). The summed E-state index contributed by atoms with van der Waals surface area (Å²) in [5.74, 6) is -1.77. The molecule has 158 valence electrons. The maximum absolute atomic E-state index is 12.3. The number of rotatable bonds is 7. The van der Waals surface area contributed by atoms with Gasteiger partial charge in [-0.25, -0.2) is 9.79 Å². The first-order valence-corrected chi connectivity index (χ1v) is 8.84. The molecule has 1 amide bonds. The van der Waals surface area contributed by atoms with E-state index in [0.29, 0.717) is 5.56 Å². The molecular formula is C19H22F3N3O4. The molecule has 0 aliphatic carbocycles. The summed E-state index contributed by atoms with van der Waals surface area (Å²) in [4.78, 5) is 29.1. The molecule has 2 unspecified atom stereocenters. The summed E-state index contributed by atoms with van der Waals surface area (Å²) in [5.41, 5.74) is 0.519. The highest BCUT2D eigenvalue weighted by Gasteiger charge is 2.29. The Labute approximate surface area is 165 Å². The van der Waals surface area contributed by atoms with Crippen LogP contribution in [0.4, 0.5) is 13.2 Å². The minimum atomic E-state index is -4.42. The van der Waals surface area contributed by atoms with Gasteiger partial charge in [-0.05, 0) is 30.7 Å². The Morgan fingerprint density at radius 3 is 2.38 bits per heavy atom. The first-order valence-electron chi connectivity index (χ1n) is 8.84. The van der Waals surface area contributed by atoms with Gasteiger partial charge in [0, 0.05) is 12.1 Å². The van der Waals surface area contributed by atoms with E-state index >= 15 is 0 Å². The monoisotopic (exact) mass is 413 g/mol. The maximum atomic E-state index is 12.3. The summed E-state index contributed by atoms with van der Waals surface area (Å²) in [6.07, 6.45) is -2.53. The second-order valence-electron chi connectivity index (χ2n) is 6.77. The van der Waals surface area contributed by atoms with E-state index in [1.165, 1.54) is 24.4 Å². The number of alkyl halides is 3. The molecule has 29 heavy (non-hydrogen) atoms. The van der Waals surface area contributed by atoms with Crippen molar-refractivity contribution in [3.63, 3.8) is 0 Å². The maximum Gasteiger partial charge on any atom is 0.422 e. The fourth-order valence-corrected chi connectivity index (χ4v) is 2.53. The van der Waals surface area contributed by atoms with Crippen LogP contribution in [-0.2, 0) is 9.59 Å². The molecule has 2 rings (SSSR count). The number of benzene rings is 1. The van der Waals surface area contributed by atoms with E-state index in [-0.39, 0.29) is 29.3 Å². The van der Waals surface area contributed by atoms with Gasteiger partial charge in [-0.2, -0.15) is 13.2 Å². The van der Waals surface area contributed by atoms with Crippen LogP contribution in [0.15, 0.2) is 41.5 Å². The fourth-order valence-electron chi connectivity index (χ4n) is 2.53. The van der Waals surface area contributed by atoms with Gasteiger partial charge >= 0.3 is 12.1 Å². The summed E-state index contributed by atoms with van der Waals surface area (Å²) in [5, 5.41) is 11.9. The smallest absolute Gasteiger partial charge is 0.422 e. The summed E-state index contributed by atoms with van der Waals surface area (Å²) in [6.45, 7) is 3.81. The number of carboxylic acid groups (broad SMARTS) is 1. The Hall–Kier alpha value is -3.04. The van der Waals surface area contributed by atoms with Gasteiger partial charge < -0.3 is 20.1 Å². The fraction of sp³-hybridized carbons (Fsp3) is 0.421. The number of hydrogen-bond donors (Lipinski definition) is 2. The van der Waals surface area contributed by atoms with Gasteiger partial charge in [-0.3, -0.25) is 4.79 Å². The molecule has 1 aromatic carbocycles. The van der Waals surface area contributed by atoms with Crippen LogP contribution in [0.3, 0.4) is 0 Å². The molecule has 0 bridgehead atoms. The number of carbonyl (C=O) groups is 2. The quantitative estimate of drug-likeness (QED) is 0.717. The molecule has 1 aliphatic heterocycles. The van der Waals surface area contributed by atoms with E-state index in [4.69, 9.17) is 4.74 Å². The summed E-state index contributed by atoms with van der Waals surface area (Å²) < 4.78 is 41.5. The van der Waals surface area contributed by atoms with Gasteiger partial charge in [0.25, 0.3) is 0 Å². The van der Waals surface area contributed by atoms with Crippen LogP contribution in [0.1, 0.15) is 32.4 Å². The third-order valence-electron chi connectivity index (χ3n) is 4.18. The zero-order chi connectivity index (χ0) is 21.8. The van der Waals surface area contributed by atoms with Crippen LogP contribution in [0, 0.1) is 5.92 Å². The number of amides is 1. The number of carboxylic acids is 1. The zero-order valence-electron chi connectivity index (χ0n) is 16.1. The van der Waals surface area contributed by atoms with E-state index in [0.717, 1.165) is 0 Å². The van der Waals surface area contributed by atoms with E-state index in [9.17, 15) is 27.9 Å². The van der Waals surface area contributed by atoms with Gasteiger partial charge in [0.05, 0.1) is 6.04 Å². The lowest BCUT2D eigenvalue weighted by Crippen LogP contribution is -2.49. The Kier molecular flexibility index (Phi) is 6.89. The molecule has 10 heteroatoms. The lowest BCUT2D eigenvalue weighted by atomic mass is 10.1. The summed E-state index contributed by atoms with van der Waals surface area (Å²) >= 11 is 0. The second-order valence-corrected chi connectivity index (χ2v) is 6.77. The lowest BCUT2D eigenvalue weighted by Gasteiger charge is -2.36. The van der Waals surface area contributed by atoms with Crippen molar-refractivity contribution in [2.24, 2.45) is 10.9 Å². The van der Waals surface area contributed by atoms with Crippen LogP contribution in [0.5, 0.6) is 5.75 Å². The van der Waals surface area contributed by atoms with Crippen molar-refractivity contribution < 1.29 is 32.6 Å². The van der Waals surface area contributed by atoms with E-state index in [1.54, 1.807) is 37.8 Å². The highest BCUT2D eigenvalue weighted by atomic mass is 19.4. The van der Waals surface area contributed by atoms with Gasteiger partial charge in [0.1, 0.15) is 11.5 Å². The summed E-state index contributed by atoms with van der Waals surface area (Å²) in [6, 6.07) is 5.67. The molecule has 0 aromatic heterocycles. The van der Waals surface area contributed by atoms with E-state index < -0.39 is 25.0 Å². The Balaban J connectivity index is 2.18. The Morgan fingerprint density at radius 1 is 1.24 bits per heavy atom. The van der Waals surface area contributed by atoms with Crippen LogP contribution in [-0.4, -0.2) is 46.7 Å². The molecule has 1 aliphatic rings. The van der Waals surface area contributed by atoms with Crippen molar-refractivity contribution in [1.82, 2.24) is 10.2 Å². The Bertz CT molecular complexity index is 804. The predicted molar refractivity (Wildman–Crippen MR) is 99.2 cm³/mol. The molecule has 0 spiro atoms. The average molecular weight is 413 g/mol. The molecule has 0 saturated carbocycles. The van der Waals surface area contributed by atoms with Crippen molar-refractivity contribution in [3.8, 4) is 5.75 Å². The number of hydrogen-bond acceptors (Lipinski definition) is 5. The lowest BCUT2D eigenvalue weighted by molar-refractivity contribution is -0.153. The number of nitrogens with one attached hydrogen (secondary N) is 1. The van der Waals surface area contributed by atoms with Gasteiger partial charge in [0.15, 0.2) is 12.9 Å². The van der Waals surface area contributed by atoms with Crippen LogP contribution < -0.4 is 10.1 Å². The molecular weight excluding hydrogens is 391 g/mol. The minimum Gasteiger partial charge on any atom is -0.484 e. The molecule has 0 radical (unpaired) electrons. The van der Waals surface area contributed by atoms with E-state index in [1.807, 2.05) is 0 Å². The zero-order valence-corrected chi connectivity index (χ0v) is 16.1. The van der Waals surface area contributed by atoms with Gasteiger partial charge in [0.2, 0.25) is 5.91 Å². The molecule has 1 aromatic rings. The average Bonchev–Trinajstić information content (AvgIpc) is 2.65. The van der Waals surface area contributed by atoms with Crippen molar-refractivity contribution in [3.05, 3.63) is 42.1 Å². The number of aliphatic imine (C=N–C) groups is 1. The number of halogens is 3. The number of nitrogens with zero attached hydrogens (tertiary/aromatic N) is 2. The number of aliphatic carboxylic acids is 1. The molecule has 1 heterocycles. The first-order chi connectivity index (χ1) is 13.5. The molecule has 7 nitrogen and oxygen atoms in total. The SMILES string of the molecule is CC(C)C(=O)NC1N=C(C(=O)O)C=CN1C(C)c1ccc(OCC(F)(F)F)cc1. The number of ether oxygens (including phenoxy) is 1. The molecule has 2 atom stereocenters. The number of carbonyl (C=O) groups excluding carboxylic acids is 1. The second kappa shape index (κ2) is 8.97. The van der Waals surface area contributed by atoms with Crippen LogP contribution in [0.25, 0.3) is 0 Å². The molecule has 0 saturated heterocycles. The largest absolute Gasteiger partial charge is 0.484 e. The van der Waals surface area contributed by atoms with Gasteiger partial charge in [-0.15, -0.1) is 0 Å². The van der Waals surface area contributed by atoms with Crippen molar-refractivity contribution in [1.29, 1.82) is 0 Å². The topological polar surface area (TPSA) is 91.2 Å². The highest BCUT2D eigenvalue weighted by Crippen LogP contribution is 2.27. The first kappa shape index (κ1) is 22.3. The van der Waals surface area contributed by atoms with Crippen LogP contribution >= 0.6 is 0 Å². The normalized spacial score (nSPS) is 17.7. The Morgan fingerprint density at radius 2 is 1.86 bits per heavy atom. The minimum absolute atomic E-state index is 0.0725. The third-order valence-corrected chi connectivity index (χ3v) is 4.18.